The van der Waals surface area contributed by atoms with Gasteiger partial charge in [0.2, 0.25) is 0 Å². The number of carbonyl (C=O) groups is 1. The molecule has 1 aliphatic heterocycles. The van der Waals surface area contributed by atoms with Crippen molar-refractivity contribution in [2.24, 2.45) is 7.05 Å². The molecule has 0 N–H and O–H groups in total. The molecular formula is C23H25FN8O. The first kappa shape index (κ1) is 21.3. The van der Waals surface area contributed by atoms with Crippen LogP contribution in [0.25, 0.3) is 22.0 Å². The van der Waals surface area contributed by atoms with Crippen molar-refractivity contribution in [3.8, 4) is 11.1 Å². The largest absolute Gasteiger partial charge is 0.301 e. The number of benzene rings is 1. The maximum Gasteiger partial charge on any atom is 0.190 e. The Hall–Kier alpha value is -3.53. The predicted octanol–water partition coefficient (Wildman–Crippen LogP) is 2.65. The molecule has 4 aromatic rings. The molecule has 0 radical (unpaired) electrons. The average Bonchev–Trinajstić information content (AvgIpc) is 3.49. The molecule has 3 aromatic heterocycles. The lowest BCUT2D eigenvalue weighted by Crippen LogP contribution is -2.36. The molecule has 0 spiro atoms. The van der Waals surface area contributed by atoms with Crippen molar-refractivity contribution in [2.45, 2.75) is 25.3 Å². The number of hydrogen-bond donors (Lipinski definition) is 0. The first-order chi connectivity index (χ1) is 16.1. The fourth-order valence-electron chi connectivity index (χ4n) is 4.29. The van der Waals surface area contributed by atoms with Crippen LogP contribution in [0.4, 0.5) is 4.39 Å². The summed E-state index contributed by atoms with van der Waals surface area (Å²) in [5.41, 5.74) is 3.73. The molecule has 0 aliphatic carbocycles. The molecule has 10 heteroatoms. The molecule has 9 nitrogen and oxygen atoms in total. The second-order valence-electron chi connectivity index (χ2n) is 8.46. The average molecular weight is 449 g/mol. The zero-order chi connectivity index (χ0) is 22.8. The van der Waals surface area contributed by atoms with Crippen LogP contribution in [-0.2, 0) is 13.5 Å². The molecule has 0 bridgehead atoms. The highest BCUT2D eigenvalue weighted by Crippen LogP contribution is 2.24. The Morgan fingerprint density at radius 1 is 1.09 bits per heavy atom. The van der Waals surface area contributed by atoms with Gasteiger partial charge in [-0.15, -0.1) is 5.10 Å². The van der Waals surface area contributed by atoms with Crippen molar-refractivity contribution in [3.05, 3.63) is 54.2 Å². The fraction of sp³-hybridized carbons (Fsp3) is 0.391. The molecule has 170 valence electrons. The SMILES string of the molecule is Cn1cc(-c2ccc3nnc(CC(=O)c4cn(C5CCN(CCF)CC5)nn4)cc3c2)cn1. The number of Topliss-reactive ketones (excluding diaryl/α,β-unsaturated/α-hetero) is 1. The summed E-state index contributed by atoms with van der Waals surface area (Å²) in [6, 6.07) is 8.01. The Morgan fingerprint density at radius 2 is 1.94 bits per heavy atom. The molecule has 33 heavy (non-hydrogen) atoms. The van der Waals surface area contributed by atoms with E-state index >= 15 is 0 Å². The molecule has 1 saturated heterocycles. The monoisotopic (exact) mass is 448 g/mol. The van der Waals surface area contributed by atoms with E-state index in [1.165, 1.54) is 0 Å². The number of piperidine rings is 1. The third-order valence-electron chi connectivity index (χ3n) is 6.14. The second-order valence-corrected chi connectivity index (χ2v) is 8.46. The highest BCUT2D eigenvalue weighted by Gasteiger charge is 2.22. The Balaban J connectivity index is 1.28. The molecule has 0 saturated carbocycles. The number of aryl methyl sites for hydroxylation is 1. The van der Waals surface area contributed by atoms with Gasteiger partial charge in [-0.1, -0.05) is 11.3 Å². The van der Waals surface area contributed by atoms with Gasteiger partial charge < -0.3 is 4.90 Å². The van der Waals surface area contributed by atoms with Gasteiger partial charge >= 0.3 is 0 Å². The number of carbonyl (C=O) groups excluding carboxylic acids is 1. The number of nitrogens with zero attached hydrogens (tertiary/aromatic N) is 8. The molecule has 1 fully saturated rings. The smallest absolute Gasteiger partial charge is 0.190 e. The molecule has 0 unspecified atom stereocenters. The lowest BCUT2D eigenvalue weighted by Gasteiger charge is -2.30. The number of likely N-dealkylation sites (tertiary alicyclic amines) is 1. The van der Waals surface area contributed by atoms with Crippen LogP contribution in [0.2, 0.25) is 0 Å². The van der Waals surface area contributed by atoms with E-state index in [9.17, 15) is 9.18 Å². The van der Waals surface area contributed by atoms with Crippen LogP contribution in [0.15, 0.2) is 42.9 Å². The van der Waals surface area contributed by atoms with Gasteiger partial charge in [-0.05, 0) is 36.6 Å². The summed E-state index contributed by atoms with van der Waals surface area (Å²) in [5.74, 6) is -0.145. The van der Waals surface area contributed by atoms with Gasteiger partial charge in [0, 0.05) is 43.8 Å². The Labute approximate surface area is 190 Å². The van der Waals surface area contributed by atoms with Crippen molar-refractivity contribution in [2.75, 3.05) is 26.3 Å². The van der Waals surface area contributed by atoms with E-state index in [1.807, 2.05) is 43.7 Å². The second kappa shape index (κ2) is 9.14. The minimum atomic E-state index is -0.324. The van der Waals surface area contributed by atoms with Crippen LogP contribution < -0.4 is 0 Å². The first-order valence-corrected chi connectivity index (χ1v) is 11.1. The number of ketones is 1. The van der Waals surface area contributed by atoms with Gasteiger partial charge in [0.15, 0.2) is 5.78 Å². The lowest BCUT2D eigenvalue weighted by atomic mass is 10.0. The molecule has 0 amide bonds. The highest BCUT2D eigenvalue weighted by molar-refractivity contribution is 5.95. The van der Waals surface area contributed by atoms with Crippen molar-refractivity contribution >= 4 is 16.7 Å². The maximum absolute atomic E-state index is 12.8. The van der Waals surface area contributed by atoms with Crippen molar-refractivity contribution in [1.29, 1.82) is 0 Å². The van der Waals surface area contributed by atoms with Gasteiger partial charge in [0.1, 0.15) is 12.4 Å². The summed E-state index contributed by atoms with van der Waals surface area (Å²) in [5, 5.41) is 21.9. The van der Waals surface area contributed by atoms with Crippen LogP contribution in [0.1, 0.15) is 35.1 Å². The standard InChI is InChI=1S/C23H25FN8O/c1-30-14-18(13-25-30)16-2-3-21-17(10-16)11-19(26-27-21)12-23(33)22-15-32(29-28-22)20-4-7-31(8-5-20)9-6-24/h2-3,10-11,13-15,20H,4-9,12H2,1H3. The van der Waals surface area contributed by atoms with Crippen LogP contribution in [-0.4, -0.2) is 72.0 Å². The third-order valence-corrected chi connectivity index (χ3v) is 6.14. The van der Waals surface area contributed by atoms with Gasteiger partial charge in [0.05, 0.1) is 36.1 Å². The summed E-state index contributed by atoms with van der Waals surface area (Å²) >= 11 is 0. The maximum atomic E-state index is 12.8. The van der Waals surface area contributed by atoms with E-state index in [1.54, 1.807) is 15.6 Å². The molecule has 1 aromatic carbocycles. The number of fused-ring (bicyclic) bond motifs is 1. The number of alkyl halides is 1. The molecule has 5 rings (SSSR count). The van der Waals surface area contributed by atoms with Crippen LogP contribution >= 0.6 is 0 Å². The molecule has 1 aliphatic rings. The van der Waals surface area contributed by atoms with E-state index in [-0.39, 0.29) is 24.9 Å². The summed E-state index contributed by atoms with van der Waals surface area (Å²) < 4.78 is 16.1. The Bertz CT molecular complexity index is 1270. The lowest BCUT2D eigenvalue weighted by molar-refractivity contribution is 0.0987. The van der Waals surface area contributed by atoms with Gasteiger partial charge in [-0.2, -0.15) is 15.3 Å². The fourth-order valence-corrected chi connectivity index (χ4v) is 4.29. The van der Waals surface area contributed by atoms with Gasteiger partial charge in [-0.3, -0.25) is 9.48 Å². The van der Waals surface area contributed by atoms with E-state index < -0.39 is 0 Å². The summed E-state index contributed by atoms with van der Waals surface area (Å²) in [6.45, 7) is 1.80. The highest BCUT2D eigenvalue weighted by atomic mass is 19.1. The summed E-state index contributed by atoms with van der Waals surface area (Å²) in [6.07, 6.45) is 7.32. The van der Waals surface area contributed by atoms with Crippen LogP contribution in [0.3, 0.4) is 0 Å². The zero-order valence-electron chi connectivity index (χ0n) is 18.4. The van der Waals surface area contributed by atoms with E-state index in [0.29, 0.717) is 17.9 Å². The number of hydrogen-bond acceptors (Lipinski definition) is 7. The normalized spacial score (nSPS) is 15.3. The number of halogens is 1. The third kappa shape index (κ3) is 4.65. The topological polar surface area (TPSA) is 94.6 Å². The Kier molecular flexibility index (Phi) is 5.91. The van der Waals surface area contributed by atoms with Crippen LogP contribution in [0, 0.1) is 0 Å². The van der Waals surface area contributed by atoms with E-state index in [4.69, 9.17) is 0 Å². The number of rotatable bonds is 7. The molecule has 4 heterocycles. The first-order valence-electron chi connectivity index (χ1n) is 11.1. The van der Waals surface area contributed by atoms with Gasteiger partial charge in [-0.25, -0.2) is 9.07 Å². The van der Waals surface area contributed by atoms with Crippen molar-refractivity contribution in [1.82, 2.24) is 39.9 Å². The minimum absolute atomic E-state index is 0.105. The molecule has 0 atom stereocenters. The van der Waals surface area contributed by atoms with Crippen LogP contribution in [0.5, 0.6) is 0 Å². The summed E-state index contributed by atoms with van der Waals surface area (Å²) in [4.78, 5) is 14.9. The molecular weight excluding hydrogens is 423 g/mol. The number of aromatic nitrogens is 7. The van der Waals surface area contributed by atoms with Crippen molar-refractivity contribution < 1.29 is 9.18 Å². The minimum Gasteiger partial charge on any atom is -0.301 e. The van der Waals surface area contributed by atoms with Gasteiger partial charge in [0.25, 0.3) is 0 Å². The summed E-state index contributed by atoms with van der Waals surface area (Å²) in [7, 11) is 1.88. The Morgan fingerprint density at radius 3 is 2.70 bits per heavy atom. The van der Waals surface area contributed by atoms with Crippen molar-refractivity contribution in [3.63, 3.8) is 0 Å². The van der Waals surface area contributed by atoms with E-state index in [2.05, 4.69) is 30.5 Å². The van der Waals surface area contributed by atoms with E-state index in [0.717, 1.165) is 48.0 Å². The zero-order valence-corrected chi connectivity index (χ0v) is 18.4. The quantitative estimate of drug-likeness (QED) is 0.401. The predicted molar refractivity (Wildman–Crippen MR) is 120 cm³/mol.